The van der Waals surface area contributed by atoms with E-state index < -0.39 is 0 Å². The Morgan fingerprint density at radius 3 is 2.33 bits per heavy atom. The Kier molecular flexibility index (Phi) is 4.56. The molecular formula is C20H22N2O2. The molecule has 0 aliphatic carbocycles. The predicted molar refractivity (Wildman–Crippen MR) is 96.1 cm³/mol. The maximum absolute atomic E-state index is 12.3. The highest BCUT2D eigenvalue weighted by atomic mass is 16.5. The van der Waals surface area contributed by atoms with Gasteiger partial charge in [-0.25, -0.2) is 0 Å². The Balaban J connectivity index is 1.86. The van der Waals surface area contributed by atoms with Crippen molar-refractivity contribution in [2.45, 2.75) is 33.3 Å². The summed E-state index contributed by atoms with van der Waals surface area (Å²) >= 11 is 0. The molecule has 0 bridgehead atoms. The van der Waals surface area contributed by atoms with Crippen molar-refractivity contribution in [3.63, 3.8) is 0 Å². The summed E-state index contributed by atoms with van der Waals surface area (Å²) in [6.45, 7) is 5.97. The fourth-order valence-corrected chi connectivity index (χ4v) is 2.76. The second kappa shape index (κ2) is 6.79. The van der Waals surface area contributed by atoms with Crippen LogP contribution in [0.5, 0.6) is 5.75 Å². The van der Waals surface area contributed by atoms with Gasteiger partial charge in [0.2, 0.25) is 0 Å². The quantitative estimate of drug-likeness (QED) is 0.775. The van der Waals surface area contributed by atoms with Gasteiger partial charge in [-0.1, -0.05) is 30.3 Å². The third-order valence-corrected chi connectivity index (χ3v) is 3.95. The van der Waals surface area contributed by atoms with Crippen LogP contribution in [0.4, 0.5) is 0 Å². The van der Waals surface area contributed by atoms with Gasteiger partial charge >= 0.3 is 0 Å². The third kappa shape index (κ3) is 3.43. The van der Waals surface area contributed by atoms with Crippen LogP contribution in [0.3, 0.4) is 0 Å². The van der Waals surface area contributed by atoms with E-state index in [1.54, 1.807) is 0 Å². The van der Waals surface area contributed by atoms with Crippen molar-refractivity contribution in [2.75, 3.05) is 0 Å². The molecule has 0 atom stereocenters. The number of hydrogen-bond donors (Lipinski definition) is 1. The summed E-state index contributed by atoms with van der Waals surface area (Å²) in [7, 11) is 0. The molecule has 4 heteroatoms. The first-order valence-electron chi connectivity index (χ1n) is 8.16. The fourth-order valence-electron chi connectivity index (χ4n) is 2.76. The Morgan fingerprint density at radius 2 is 1.71 bits per heavy atom. The number of aromatic nitrogens is 2. The van der Waals surface area contributed by atoms with Gasteiger partial charge in [0.15, 0.2) is 0 Å². The molecule has 0 unspecified atom stereocenters. The molecule has 0 spiro atoms. The number of rotatable bonds is 5. The lowest BCUT2D eigenvalue weighted by molar-refractivity contribution is 0.242. The maximum atomic E-state index is 12.3. The lowest BCUT2D eigenvalue weighted by atomic mass is 10.1. The van der Waals surface area contributed by atoms with E-state index >= 15 is 0 Å². The molecule has 3 aromatic rings. The number of nitrogens with one attached hydrogen (secondary N) is 1. The number of H-pyrrole nitrogens is 1. The van der Waals surface area contributed by atoms with Crippen LogP contribution < -0.4 is 10.3 Å². The van der Waals surface area contributed by atoms with E-state index in [2.05, 4.69) is 5.10 Å². The lowest BCUT2D eigenvalue weighted by Gasteiger charge is -2.10. The molecule has 1 heterocycles. The molecule has 0 radical (unpaired) electrons. The van der Waals surface area contributed by atoms with Gasteiger partial charge in [-0.15, -0.1) is 0 Å². The minimum absolute atomic E-state index is 0.0427. The van der Waals surface area contributed by atoms with Crippen molar-refractivity contribution < 1.29 is 4.74 Å². The molecule has 3 rings (SSSR count). The number of para-hydroxylation sites is 1. The molecular weight excluding hydrogens is 300 g/mol. The van der Waals surface area contributed by atoms with Crippen LogP contribution in [0, 0.1) is 6.92 Å². The van der Waals surface area contributed by atoms with Gasteiger partial charge < -0.3 is 4.74 Å². The first kappa shape index (κ1) is 16.1. The highest BCUT2D eigenvalue weighted by Crippen LogP contribution is 2.18. The van der Waals surface area contributed by atoms with E-state index in [4.69, 9.17) is 4.74 Å². The van der Waals surface area contributed by atoms with Gasteiger partial charge in [0.1, 0.15) is 5.75 Å². The third-order valence-electron chi connectivity index (χ3n) is 3.95. The second-order valence-corrected chi connectivity index (χ2v) is 6.16. The van der Waals surface area contributed by atoms with Crippen molar-refractivity contribution in [1.82, 2.24) is 9.78 Å². The first-order valence-corrected chi connectivity index (χ1v) is 8.16. The van der Waals surface area contributed by atoms with Gasteiger partial charge in [0.05, 0.1) is 11.8 Å². The SMILES string of the molecule is Cc1c(Cc2ccc(OC(C)C)cc2)c(=O)[nH]n1-c1ccccc1. The predicted octanol–water partition coefficient (Wildman–Crippen LogP) is 3.85. The molecule has 4 nitrogen and oxygen atoms in total. The summed E-state index contributed by atoms with van der Waals surface area (Å²) < 4.78 is 7.50. The van der Waals surface area contributed by atoms with Gasteiger partial charge in [0, 0.05) is 17.7 Å². The average molecular weight is 322 g/mol. The monoisotopic (exact) mass is 322 g/mol. The lowest BCUT2D eigenvalue weighted by Crippen LogP contribution is -2.08. The van der Waals surface area contributed by atoms with Gasteiger partial charge in [0.25, 0.3) is 5.56 Å². The van der Waals surface area contributed by atoms with E-state index in [1.165, 1.54) is 0 Å². The Morgan fingerprint density at radius 1 is 1.04 bits per heavy atom. The first-order chi connectivity index (χ1) is 11.5. The van der Waals surface area contributed by atoms with Crippen LogP contribution in [0.2, 0.25) is 0 Å². The van der Waals surface area contributed by atoms with E-state index in [9.17, 15) is 4.79 Å². The van der Waals surface area contributed by atoms with Crippen molar-refractivity contribution >= 4 is 0 Å². The Bertz CT molecular complexity index is 859. The number of benzene rings is 2. The van der Waals surface area contributed by atoms with Crippen LogP contribution in [0.1, 0.15) is 30.7 Å². The summed E-state index contributed by atoms with van der Waals surface area (Å²) in [5.74, 6) is 0.848. The number of hydrogen-bond acceptors (Lipinski definition) is 2. The van der Waals surface area contributed by atoms with E-state index in [0.29, 0.717) is 6.42 Å². The zero-order valence-corrected chi connectivity index (χ0v) is 14.2. The zero-order valence-electron chi connectivity index (χ0n) is 14.2. The zero-order chi connectivity index (χ0) is 17.1. The molecule has 0 aliphatic heterocycles. The minimum atomic E-state index is -0.0427. The Labute approximate surface area is 141 Å². The molecule has 124 valence electrons. The average Bonchev–Trinajstić information content (AvgIpc) is 2.85. The molecule has 1 N–H and O–H groups in total. The highest BCUT2D eigenvalue weighted by molar-refractivity contribution is 5.37. The van der Waals surface area contributed by atoms with Crippen LogP contribution in [-0.4, -0.2) is 15.9 Å². The van der Waals surface area contributed by atoms with Gasteiger partial charge in [-0.3, -0.25) is 14.6 Å². The highest BCUT2D eigenvalue weighted by Gasteiger charge is 2.12. The smallest absolute Gasteiger partial charge is 0.268 e. The van der Waals surface area contributed by atoms with Crippen LogP contribution in [0.15, 0.2) is 59.4 Å². The molecule has 0 aliphatic rings. The molecule has 24 heavy (non-hydrogen) atoms. The van der Waals surface area contributed by atoms with Crippen molar-refractivity contribution in [2.24, 2.45) is 0 Å². The van der Waals surface area contributed by atoms with Crippen LogP contribution >= 0.6 is 0 Å². The molecule has 1 aromatic heterocycles. The fraction of sp³-hybridized carbons (Fsp3) is 0.250. The topological polar surface area (TPSA) is 47.0 Å². The van der Waals surface area contributed by atoms with Crippen molar-refractivity contribution in [3.05, 3.63) is 81.8 Å². The summed E-state index contributed by atoms with van der Waals surface area (Å²) in [4.78, 5) is 12.3. The number of ether oxygens (including phenoxy) is 1. The van der Waals surface area contributed by atoms with E-state index in [-0.39, 0.29) is 11.7 Å². The van der Waals surface area contributed by atoms with Crippen molar-refractivity contribution in [3.8, 4) is 11.4 Å². The molecule has 0 saturated heterocycles. The normalized spacial score (nSPS) is 11.0. The maximum Gasteiger partial charge on any atom is 0.268 e. The number of aromatic amines is 1. The summed E-state index contributed by atoms with van der Waals surface area (Å²) in [6.07, 6.45) is 0.754. The standard InChI is InChI=1S/C20H22N2O2/c1-14(2)24-18-11-9-16(10-12-18)13-19-15(3)22(21-20(19)23)17-7-5-4-6-8-17/h4-12,14H,13H2,1-3H3,(H,21,23). The largest absolute Gasteiger partial charge is 0.491 e. The molecule has 0 saturated carbocycles. The molecule has 0 fully saturated rings. The number of nitrogens with zero attached hydrogens (tertiary/aromatic N) is 1. The van der Waals surface area contributed by atoms with E-state index in [0.717, 1.165) is 28.3 Å². The molecule has 0 amide bonds. The molecule has 2 aromatic carbocycles. The van der Waals surface area contributed by atoms with Crippen LogP contribution in [-0.2, 0) is 6.42 Å². The summed E-state index contributed by atoms with van der Waals surface area (Å²) in [5.41, 5.74) is 3.73. The Hall–Kier alpha value is -2.75. The second-order valence-electron chi connectivity index (χ2n) is 6.16. The van der Waals surface area contributed by atoms with Crippen LogP contribution in [0.25, 0.3) is 5.69 Å². The van der Waals surface area contributed by atoms with E-state index in [1.807, 2.05) is 80.1 Å². The summed E-state index contributed by atoms with van der Waals surface area (Å²) in [6, 6.07) is 17.8. The van der Waals surface area contributed by atoms with Crippen molar-refractivity contribution in [1.29, 1.82) is 0 Å². The summed E-state index contributed by atoms with van der Waals surface area (Å²) in [5, 5.41) is 2.92. The van der Waals surface area contributed by atoms with Gasteiger partial charge in [-0.05, 0) is 50.6 Å². The van der Waals surface area contributed by atoms with Gasteiger partial charge in [-0.2, -0.15) is 0 Å². The minimum Gasteiger partial charge on any atom is -0.491 e.